The van der Waals surface area contributed by atoms with Crippen LogP contribution in [0, 0.1) is 11.3 Å². The minimum Gasteiger partial charge on any atom is -0.381 e. The molecule has 15 heavy (non-hydrogen) atoms. The zero-order chi connectivity index (χ0) is 11.5. The van der Waals surface area contributed by atoms with Crippen molar-refractivity contribution in [3.63, 3.8) is 0 Å². The summed E-state index contributed by atoms with van der Waals surface area (Å²) in [7, 11) is 0. The molecule has 90 valence electrons. The molecule has 1 rings (SSSR count). The van der Waals surface area contributed by atoms with E-state index >= 15 is 0 Å². The maximum Gasteiger partial charge on any atom is 0.0469 e. The molecule has 1 heterocycles. The van der Waals surface area contributed by atoms with Gasteiger partial charge in [0.15, 0.2) is 0 Å². The van der Waals surface area contributed by atoms with Gasteiger partial charge in [-0.25, -0.2) is 0 Å². The lowest BCUT2D eigenvalue weighted by atomic mass is 9.76. The van der Waals surface area contributed by atoms with Crippen molar-refractivity contribution in [1.29, 1.82) is 0 Å². The number of nitrogens with one attached hydrogen (secondary N) is 1. The first-order valence-electron chi connectivity index (χ1n) is 6.16. The highest BCUT2D eigenvalue weighted by Crippen LogP contribution is 2.29. The Morgan fingerprint density at radius 2 is 1.60 bits per heavy atom. The van der Waals surface area contributed by atoms with Gasteiger partial charge in [0, 0.05) is 18.8 Å². The van der Waals surface area contributed by atoms with E-state index in [9.17, 15) is 0 Å². The van der Waals surface area contributed by atoms with Crippen molar-refractivity contribution >= 4 is 0 Å². The zero-order valence-corrected chi connectivity index (χ0v) is 11.0. The topological polar surface area (TPSA) is 21.3 Å². The Kier molecular flexibility index (Phi) is 4.19. The van der Waals surface area contributed by atoms with Crippen molar-refractivity contribution in [1.82, 2.24) is 5.32 Å². The SMILES string of the molecule is CC(C)(C)C(C)(C)NCC1CCOCC1. The van der Waals surface area contributed by atoms with Gasteiger partial charge in [0.25, 0.3) is 0 Å². The molecule has 0 saturated carbocycles. The van der Waals surface area contributed by atoms with Crippen LogP contribution in [0.3, 0.4) is 0 Å². The summed E-state index contributed by atoms with van der Waals surface area (Å²) in [4.78, 5) is 0. The molecule has 0 aliphatic carbocycles. The molecular weight excluding hydrogens is 186 g/mol. The lowest BCUT2D eigenvalue weighted by molar-refractivity contribution is 0.0596. The second kappa shape index (κ2) is 4.84. The number of hydrogen-bond donors (Lipinski definition) is 1. The summed E-state index contributed by atoms with van der Waals surface area (Å²) in [5.74, 6) is 0.806. The van der Waals surface area contributed by atoms with Gasteiger partial charge in [-0.2, -0.15) is 0 Å². The van der Waals surface area contributed by atoms with Crippen molar-refractivity contribution in [2.24, 2.45) is 11.3 Å². The van der Waals surface area contributed by atoms with Crippen LogP contribution in [0.2, 0.25) is 0 Å². The summed E-state index contributed by atoms with van der Waals surface area (Å²) in [6.45, 7) is 14.5. The van der Waals surface area contributed by atoms with E-state index in [0.29, 0.717) is 5.41 Å². The number of ether oxygens (including phenoxy) is 1. The maximum absolute atomic E-state index is 5.37. The summed E-state index contributed by atoms with van der Waals surface area (Å²) < 4.78 is 5.37. The third-order valence-corrected chi connectivity index (χ3v) is 4.05. The molecule has 1 fully saturated rings. The fraction of sp³-hybridized carbons (Fsp3) is 1.00. The van der Waals surface area contributed by atoms with Gasteiger partial charge >= 0.3 is 0 Å². The van der Waals surface area contributed by atoms with Crippen molar-refractivity contribution in [3.8, 4) is 0 Å². The Morgan fingerprint density at radius 1 is 1.07 bits per heavy atom. The lowest BCUT2D eigenvalue weighted by Gasteiger charge is -2.41. The summed E-state index contributed by atoms with van der Waals surface area (Å²) in [6, 6.07) is 0. The molecule has 2 heteroatoms. The molecule has 0 bridgehead atoms. The molecular formula is C13H27NO. The van der Waals surface area contributed by atoms with Crippen LogP contribution in [0.15, 0.2) is 0 Å². The van der Waals surface area contributed by atoms with E-state index in [1.807, 2.05) is 0 Å². The predicted octanol–water partition coefficient (Wildman–Crippen LogP) is 2.83. The maximum atomic E-state index is 5.37. The summed E-state index contributed by atoms with van der Waals surface area (Å²) in [6.07, 6.45) is 2.43. The standard InChI is InChI=1S/C13H27NO/c1-12(2,3)13(4,5)14-10-11-6-8-15-9-7-11/h11,14H,6-10H2,1-5H3. The largest absolute Gasteiger partial charge is 0.381 e. The molecule has 1 aliphatic rings. The normalized spacial score (nSPS) is 20.6. The minimum absolute atomic E-state index is 0.200. The van der Waals surface area contributed by atoms with Gasteiger partial charge in [0.05, 0.1) is 0 Å². The van der Waals surface area contributed by atoms with E-state index in [1.54, 1.807) is 0 Å². The summed E-state index contributed by atoms with van der Waals surface area (Å²) in [5.41, 5.74) is 0.503. The van der Waals surface area contributed by atoms with Crippen molar-refractivity contribution in [2.45, 2.75) is 53.0 Å². The molecule has 0 aromatic heterocycles. The van der Waals surface area contributed by atoms with Crippen LogP contribution in [0.1, 0.15) is 47.5 Å². The van der Waals surface area contributed by atoms with E-state index in [0.717, 1.165) is 25.7 Å². The van der Waals surface area contributed by atoms with Crippen molar-refractivity contribution in [2.75, 3.05) is 19.8 Å². The Balaban J connectivity index is 2.35. The zero-order valence-electron chi connectivity index (χ0n) is 11.0. The third kappa shape index (κ3) is 3.76. The molecule has 0 atom stereocenters. The highest BCUT2D eigenvalue weighted by atomic mass is 16.5. The van der Waals surface area contributed by atoms with Crippen LogP contribution in [0.25, 0.3) is 0 Å². The number of rotatable bonds is 3. The highest BCUT2D eigenvalue weighted by Gasteiger charge is 2.32. The van der Waals surface area contributed by atoms with Crippen molar-refractivity contribution in [3.05, 3.63) is 0 Å². The highest BCUT2D eigenvalue weighted by molar-refractivity contribution is 4.90. The monoisotopic (exact) mass is 213 g/mol. The van der Waals surface area contributed by atoms with Gasteiger partial charge in [-0.3, -0.25) is 0 Å². The molecule has 0 aromatic carbocycles. The molecule has 2 nitrogen and oxygen atoms in total. The molecule has 0 unspecified atom stereocenters. The average Bonchev–Trinajstić information content (AvgIpc) is 2.15. The molecule has 0 spiro atoms. The van der Waals surface area contributed by atoms with Crippen LogP contribution in [0.4, 0.5) is 0 Å². The van der Waals surface area contributed by atoms with Crippen molar-refractivity contribution < 1.29 is 4.74 Å². The molecule has 0 aromatic rings. The average molecular weight is 213 g/mol. The first-order valence-corrected chi connectivity index (χ1v) is 6.16. The van der Waals surface area contributed by atoms with Crippen LogP contribution in [-0.2, 0) is 4.74 Å². The Bertz CT molecular complexity index is 187. The lowest BCUT2D eigenvalue weighted by Crippen LogP contribution is -2.51. The van der Waals surface area contributed by atoms with Gasteiger partial charge in [-0.15, -0.1) is 0 Å². The van der Waals surface area contributed by atoms with E-state index in [2.05, 4.69) is 39.9 Å². The molecule has 1 N–H and O–H groups in total. The van der Waals surface area contributed by atoms with Gasteiger partial charge in [0.1, 0.15) is 0 Å². The quantitative estimate of drug-likeness (QED) is 0.778. The van der Waals surface area contributed by atoms with Crippen LogP contribution in [0.5, 0.6) is 0 Å². The van der Waals surface area contributed by atoms with E-state index in [1.165, 1.54) is 12.8 Å². The van der Waals surface area contributed by atoms with Gasteiger partial charge in [-0.1, -0.05) is 20.8 Å². The fourth-order valence-electron chi connectivity index (χ4n) is 1.62. The molecule has 0 radical (unpaired) electrons. The van der Waals surface area contributed by atoms with Crippen LogP contribution < -0.4 is 5.32 Å². The number of hydrogen-bond acceptors (Lipinski definition) is 2. The Hall–Kier alpha value is -0.0800. The Labute approximate surface area is 94.8 Å². The second-order valence-electron chi connectivity index (χ2n) is 6.31. The predicted molar refractivity (Wildman–Crippen MR) is 65.1 cm³/mol. The van der Waals surface area contributed by atoms with Gasteiger partial charge in [-0.05, 0) is 44.6 Å². The summed E-state index contributed by atoms with van der Waals surface area (Å²) in [5, 5.41) is 3.71. The first-order chi connectivity index (χ1) is 6.83. The first kappa shape index (κ1) is 13.0. The molecule has 1 saturated heterocycles. The molecule has 1 aliphatic heterocycles. The minimum atomic E-state index is 0.200. The summed E-state index contributed by atoms with van der Waals surface area (Å²) >= 11 is 0. The fourth-order valence-corrected chi connectivity index (χ4v) is 1.62. The van der Waals surface area contributed by atoms with E-state index in [-0.39, 0.29) is 5.54 Å². The smallest absolute Gasteiger partial charge is 0.0469 e. The second-order valence-corrected chi connectivity index (χ2v) is 6.31. The van der Waals surface area contributed by atoms with E-state index < -0.39 is 0 Å². The van der Waals surface area contributed by atoms with Gasteiger partial charge < -0.3 is 10.1 Å². The van der Waals surface area contributed by atoms with Crippen LogP contribution in [-0.4, -0.2) is 25.3 Å². The van der Waals surface area contributed by atoms with E-state index in [4.69, 9.17) is 4.74 Å². The Morgan fingerprint density at radius 3 is 2.07 bits per heavy atom. The third-order valence-electron chi connectivity index (χ3n) is 4.05. The van der Waals surface area contributed by atoms with Crippen LogP contribution >= 0.6 is 0 Å². The van der Waals surface area contributed by atoms with Gasteiger partial charge in [0.2, 0.25) is 0 Å². The molecule has 0 amide bonds.